The van der Waals surface area contributed by atoms with Crippen LogP contribution < -0.4 is 14.4 Å². The van der Waals surface area contributed by atoms with Gasteiger partial charge in [0.05, 0.1) is 25.9 Å². The Bertz CT molecular complexity index is 930. The number of ether oxygens (including phenoxy) is 3. The van der Waals surface area contributed by atoms with E-state index in [4.69, 9.17) is 14.2 Å². The molecule has 0 bridgehead atoms. The van der Waals surface area contributed by atoms with E-state index in [0.717, 1.165) is 5.57 Å². The van der Waals surface area contributed by atoms with E-state index in [-0.39, 0.29) is 22.6 Å². The summed E-state index contributed by atoms with van der Waals surface area (Å²) in [6, 6.07) is 3.10. The maximum absolute atomic E-state index is 13.3. The third-order valence-corrected chi connectivity index (χ3v) is 9.26. The van der Waals surface area contributed by atoms with E-state index < -0.39 is 12.3 Å². The summed E-state index contributed by atoms with van der Waals surface area (Å²) in [4.78, 5) is 16.6. The molecule has 1 amide bonds. The molecule has 0 aliphatic carbocycles. The van der Waals surface area contributed by atoms with Gasteiger partial charge >= 0.3 is 6.09 Å². The van der Waals surface area contributed by atoms with Gasteiger partial charge in [0.2, 0.25) is 0 Å². The van der Waals surface area contributed by atoms with Crippen molar-refractivity contribution < 1.29 is 24.1 Å². The molecule has 0 saturated carbocycles. The summed E-state index contributed by atoms with van der Waals surface area (Å²) < 4.78 is 16.7. The summed E-state index contributed by atoms with van der Waals surface area (Å²) in [6.07, 6.45) is -1.20. The van der Waals surface area contributed by atoms with Gasteiger partial charge in [0, 0.05) is 33.9 Å². The Balaban J connectivity index is 1.93. The van der Waals surface area contributed by atoms with E-state index in [1.54, 1.807) is 40.8 Å². The molecular weight excluding hydrogens is 460 g/mol. The van der Waals surface area contributed by atoms with Crippen LogP contribution in [-0.4, -0.2) is 65.7 Å². The molecule has 1 aromatic carbocycles. The average molecular weight is 495 g/mol. The second-order valence-electron chi connectivity index (χ2n) is 9.28. The predicted molar refractivity (Wildman–Crippen MR) is 137 cm³/mol. The van der Waals surface area contributed by atoms with Crippen molar-refractivity contribution in [1.29, 1.82) is 0 Å². The Morgan fingerprint density at radius 1 is 1.24 bits per heavy atom. The van der Waals surface area contributed by atoms with Gasteiger partial charge in [0.25, 0.3) is 0 Å². The molecule has 9 heteroatoms. The predicted octanol–water partition coefficient (Wildman–Crippen LogP) is 5.15. The van der Waals surface area contributed by atoms with Crippen LogP contribution in [0.3, 0.4) is 0 Å². The van der Waals surface area contributed by atoms with Crippen LogP contribution in [0.5, 0.6) is 11.5 Å². The summed E-state index contributed by atoms with van der Waals surface area (Å²) in [5, 5.41) is 11.4. The van der Waals surface area contributed by atoms with Gasteiger partial charge in [-0.2, -0.15) is 0 Å². The molecule has 182 valence electrons. The number of amides is 1. The highest BCUT2D eigenvalue weighted by Gasteiger charge is 2.44. The van der Waals surface area contributed by atoms with Crippen LogP contribution >= 0.6 is 21.6 Å². The van der Waals surface area contributed by atoms with Gasteiger partial charge in [-0.15, -0.1) is 0 Å². The number of carbonyl (C=O) groups excluding carboxylic acids is 1. The highest BCUT2D eigenvalue weighted by atomic mass is 33.1. The minimum Gasteiger partial charge on any atom is -0.493 e. The number of rotatable bonds is 6. The Labute approximate surface area is 204 Å². The molecule has 2 aliphatic heterocycles. The number of fused-ring (bicyclic) bond motifs is 2. The van der Waals surface area contributed by atoms with Crippen LogP contribution in [0, 0.1) is 0 Å². The van der Waals surface area contributed by atoms with E-state index in [2.05, 4.69) is 33.9 Å². The summed E-state index contributed by atoms with van der Waals surface area (Å²) in [5.74, 6) is 0.965. The lowest BCUT2D eigenvalue weighted by molar-refractivity contribution is 0.0838. The van der Waals surface area contributed by atoms with Crippen molar-refractivity contribution >= 4 is 39.1 Å². The molecule has 3 rings (SSSR count). The number of methoxy groups -OCH3 is 2. The lowest BCUT2D eigenvalue weighted by Gasteiger charge is -2.32. The van der Waals surface area contributed by atoms with Crippen LogP contribution in [-0.2, 0) is 4.74 Å². The first-order chi connectivity index (χ1) is 15.5. The number of benzene rings is 1. The van der Waals surface area contributed by atoms with Crippen LogP contribution in [0.25, 0.3) is 5.70 Å². The minimum atomic E-state index is -1.14. The number of hydrogen-bond donors (Lipinski definition) is 1. The molecule has 0 radical (unpaired) electrons. The fourth-order valence-corrected chi connectivity index (χ4v) is 5.98. The molecule has 1 fully saturated rings. The number of aliphatic hydroxyl groups is 1. The second kappa shape index (κ2) is 10.1. The molecule has 33 heavy (non-hydrogen) atoms. The van der Waals surface area contributed by atoms with Crippen LogP contribution in [0.2, 0.25) is 0 Å². The normalized spacial score (nSPS) is 21.3. The number of hydrogen-bond acceptors (Lipinski definition) is 8. The van der Waals surface area contributed by atoms with Crippen molar-refractivity contribution in [3.05, 3.63) is 36.4 Å². The summed E-state index contributed by atoms with van der Waals surface area (Å²) in [6.45, 7) is 17.6. The SMILES string of the molecule is C=C1C[C@H]2C(O)N(C(=O)OC[C@@H](C)SSC(C)(C)C)c3cc(OC)c(OC)cc3C(=C)N2C1. The van der Waals surface area contributed by atoms with Gasteiger partial charge in [-0.25, -0.2) is 9.69 Å². The smallest absolute Gasteiger partial charge is 0.416 e. The first-order valence-corrected chi connectivity index (χ1v) is 13.0. The van der Waals surface area contributed by atoms with E-state index in [1.807, 2.05) is 11.8 Å². The fourth-order valence-electron chi connectivity index (χ4n) is 3.88. The Hall–Kier alpha value is -1.97. The van der Waals surface area contributed by atoms with Gasteiger partial charge in [-0.3, -0.25) is 0 Å². The standard InChI is InChI=1S/C24H34N2O5S2/c1-14-9-19-22(27)26(23(28)31-13-15(2)32-33-24(4,5)6)18-11-21(30-8)20(29-7)10-17(18)16(3)25(19)12-14/h10-11,15,19,22,27H,1,3,9,12-13H2,2,4-8H3/t15-,19+,22?/m1/s1. The maximum Gasteiger partial charge on any atom is 0.416 e. The Morgan fingerprint density at radius 2 is 1.88 bits per heavy atom. The molecule has 7 nitrogen and oxygen atoms in total. The first-order valence-electron chi connectivity index (χ1n) is 10.8. The number of aliphatic hydroxyl groups excluding tert-OH is 1. The minimum absolute atomic E-state index is 0.0879. The quantitative estimate of drug-likeness (QED) is 0.430. The first kappa shape index (κ1) is 25.6. The Morgan fingerprint density at radius 3 is 2.48 bits per heavy atom. The highest BCUT2D eigenvalue weighted by molar-refractivity contribution is 8.77. The van der Waals surface area contributed by atoms with E-state index in [0.29, 0.717) is 41.4 Å². The zero-order valence-electron chi connectivity index (χ0n) is 20.2. The molecule has 1 aromatic rings. The molecule has 1 N–H and O–H groups in total. The van der Waals surface area contributed by atoms with Gasteiger partial charge in [-0.1, -0.05) is 61.1 Å². The van der Waals surface area contributed by atoms with Gasteiger partial charge < -0.3 is 24.2 Å². The summed E-state index contributed by atoms with van der Waals surface area (Å²) in [7, 11) is 6.51. The molecule has 1 unspecified atom stereocenters. The Kier molecular flexibility index (Phi) is 7.86. The fraction of sp³-hybridized carbons (Fsp3) is 0.542. The number of anilines is 1. The van der Waals surface area contributed by atoms with Gasteiger partial charge in [0.1, 0.15) is 6.61 Å². The molecule has 1 saturated heterocycles. The van der Waals surface area contributed by atoms with Crippen molar-refractivity contribution in [3.8, 4) is 11.5 Å². The highest BCUT2D eigenvalue weighted by Crippen LogP contribution is 2.45. The van der Waals surface area contributed by atoms with Crippen molar-refractivity contribution in [2.24, 2.45) is 0 Å². The van der Waals surface area contributed by atoms with E-state index in [9.17, 15) is 9.90 Å². The zero-order valence-corrected chi connectivity index (χ0v) is 21.8. The van der Waals surface area contributed by atoms with Gasteiger partial charge in [-0.05, 0) is 19.4 Å². The molecule has 2 aliphatic rings. The van der Waals surface area contributed by atoms with Gasteiger partial charge in [0.15, 0.2) is 17.7 Å². The molecular formula is C24H34N2O5S2. The zero-order chi connectivity index (χ0) is 24.5. The summed E-state index contributed by atoms with van der Waals surface area (Å²) >= 11 is 0. The second-order valence-corrected chi connectivity index (χ2v) is 12.7. The lowest BCUT2D eigenvalue weighted by Crippen LogP contribution is -2.50. The third kappa shape index (κ3) is 5.58. The molecule has 3 atom stereocenters. The average Bonchev–Trinajstić information content (AvgIpc) is 3.13. The van der Waals surface area contributed by atoms with Crippen LogP contribution in [0.1, 0.15) is 39.7 Å². The molecule has 0 spiro atoms. The third-order valence-electron chi connectivity index (χ3n) is 5.42. The number of nitrogens with zero attached hydrogens (tertiary/aromatic N) is 2. The topological polar surface area (TPSA) is 71.5 Å². The van der Waals surface area contributed by atoms with Crippen molar-refractivity contribution in [2.45, 2.75) is 56.4 Å². The number of carbonyl (C=O) groups is 1. The van der Waals surface area contributed by atoms with Crippen molar-refractivity contribution in [2.75, 3.05) is 32.3 Å². The monoisotopic (exact) mass is 494 g/mol. The maximum atomic E-state index is 13.3. The van der Waals surface area contributed by atoms with Crippen LogP contribution in [0.4, 0.5) is 10.5 Å². The summed E-state index contributed by atoms with van der Waals surface area (Å²) in [5.41, 5.74) is 2.81. The lowest BCUT2D eigenvalue weighted by atomic mass is 10.1. The van der Waals surface area contributed by atoms with Crippen molar-refractivity contribution in [3.63, 3.8) is 0 Å². The van der Waals surface area contributed by atoms with E-state index in [1.165, 1.54) is 12.0 Å². The molecule has 0 aromatic heterocycles. The van der Waals surface area contributed by atoms with Crippen LogP contribution in [0.15, 0.2) is 30.9 Å². The largest absolute Gasteiger partial charge is 0.493 e. The molecule has 2 heterocycles. The van der Waals surface area contributed by atoms with E-state index >= 15 is 0 Å². The van der Waals surface area contributed by atoms with Crippen molar-refractivity contribution in [1.82, 2.24) is 4.90 Å².